The van der Waals surface area contributed by atoms with E-state index in [9.17, 15) is 65.5 Å². The number of aryl methyl sites for hydroxylation is 2. The maximum atomic E-state index is 12.3. The minimum absolute atomic E-state index is 0.272. The van der Waals surface area contributed by atoms with Gasteiger partial charge in [0.25, 0.3) is 0 Å². The average Bonchev–Trinajstić information content (AvgIpc) is 3.29. The van der Waals surface area contributed by atoms with Gasteiger partial charge < -0.3 is 8.86 Å². The van der Waals surface area contributed by atoms with Crippen LogP contribution in [0.3, 0.4) is 0 Å². The zero-order chi connectivity index (χ0) is 33.2. The van der Waals surface area contributed by atoms with Gasteiger partial charge in [0.2, 0.25) is 6.33 Å². The Morgan fingerprint density at radius 2 is 1.26 bits per heavy atom. The number of nitrogens with zero attached hydrogens (tertiary/aromatic N) is 3. The standard InChI is InChI=1S/C17H29N2O2.C4F10NO4S2/c1-4-18-12-13-19(15-18)11-9-7-5-6-8-10-14-21-17(20)16(2)3;5-1(6,7)3(11,12)20(16,17)15-21(18,19)4(13,14)2(8,9)10/h12-13,15H,2,4-11,14H2,1,3H3;/q+1;-1. The number of hydrogen-bond donors (Lipinski definition) is 0. The highest BCUT2D eigenvalue weighted by Gasteiger charge is 2.68. The number of carbonyl (C=O) groups is 1. The van der Waals surface area contributed by atoms with Gasteiger partial charge in [0.05, 0.1) is 19.7 Å². The number of rotatable bonds is 15. The van der Waals surface area contributed by atoms with Crippen molar-refractivity contribution in [1.82, 2.24) is 4.57 Å². The van der Waals surface area contributed by atoms with E-state index in [4.69, 9.17) is 4.74 Å². The minimum atomic E-state index is -7.62. The Balaban J connectivity index is 0.000000800. The van der Waals surface area contributed by atoms with Gasteiger partial charge in [-0.3, -0.25) is 0 Å². The molecule has 42 heavy (non-hydrogen) atoms. The van der Waals surface area contributed by atoms with Gasteiger partial charge in [0.1, 0.15) is 12.4 Å². The summed E-state index contributed by atoms with van der Waals surface area (Å²) in [6.07, 6.45) is -0.554. The van der Waals surface area contributed by atoms with Gasteiger partial charge >= 0.3 is 28.8 Å². The normalized spacial score (nSPS) is 13.3. The lowest BCUT2D eigenvalue weighted by Gasteiger charge is -2.31. The molecule has 0 amide bonds. The summed E-state index contributed by atoms with van der Waals surface area (Å²) in [4.78, 5) is 11.1. The zero-order valence-electron chi connectivity index (χ0n) is 22.2. The molecule has 9 nitrogen and oxygen atoms in total. The van der Waals surface area contributed by atoms with Crippen molar-refractivity contribution >= 4 is 26.0 Å². The molecule has 0 saturated carbocycles. The summed E-state index contributed by atoms with van der Waals surface area (Å²) in [5.41, 5.74) is 0.476. The molecule has 0 fully saturated rings. The van der Waals surface area contributed by atoms with Crippen LogP contribution in [0.2, 0.25) is 0 Å². The van der Waals surface area contributed by atoms with Gasteiger partial charge in [-0.1, -0.05) is 25.8 Å². The van der Waals surface area contributed by atoms with E-state index in [2.05, 4.69) is 41.4 Å². The number of esters is 1. The summed E-state index contributed by atoms with van der Waals surface area (Å²) in [7, 11) is -15.2. The van der Waals surface area contributed by atoms with Gasteiger partial charge in [-0.25, -0.2) is 30.8 Å². The van der Waals surface area contributed by atoms with Crippen LogP contribution in [-0.4, -0.2) is 56.8 Å². The molecule has 0 aliphatic rings. The largest absolute Gasteiger partial charge is 0.467 e. The first-order chi connectivity index (χ1) is 18.8. The number of sulfonamides is 2. The summed E-state index contributed by atoms with van der Waals surface area (Å²) in [6.45, 7) is 10.0. The highest BCUT2D eigenvalue weighted by atomic mass is 32.3. The Bertz CT molecular complexity index is 1190. The molecule has 0 radical (unpaired) electrons. The summed E-state index contributed by atoms with van der Waals surface area (Å²) in [5.74, 6) is -0.272. The molecular formula is C21H29F10N3O6S2. The van der Waals surface area contributed by atoms with E-state index in [1.165, 1.54) is 25.7 Å². The number of hydrogen-bond acceptors (Lipinski definition) is 6. The second-order valence-electron chi connectivity index (χ2n) is 8.57. The molecule has 1 heterocycles. The third-order valence-electron chi connectivity index (χ3n) is 5.01. The van der Waals surface area contributed by atoms with Gasteiger partial charge in [0.15, 0.2) is 20.0 Å². The first kappa shape index (κ1) is 39.6. The predicted octanol–water partition coefficient (Wildman–Crippen LogP) is 5.59. The highest BCUT2D eigenvalue weighted by Crippen LogP contribution is 2.47. The van der Waals surface area contributed by atoms with E-state index in [0.717, 1.165) is 25.9 Å². The third kappa shape index (κ3) is 11.3. The number of carbonyl (C=O) groups excluding carboxylic acids is 1. The average molecular weight is 674 g/mol. The summed E-state index contributed by atoms with van der Waals surface area (Å²) < 4.78 is 171. The van der Waals surface area contributed by atoms with E-state index in [1.54, 1.807) is 6.92 Å². The first-order valence-electron chi connectivity index (χ1n) is 11.8. The van der Waals surface area contributed by atoms with E-state index in [0.29, 0.717) is 16.3 Å². The lowest BCUT2D eigenvalue weighted by Crippen LogP contribution is -2.48. The topological polar surface area (TPSA) is 117 Å². The fraction of sp³-hybridized carbons (Fsp3) is 0.714. The van der Waals surface area contributed by atoms with E-state index < -0.39 is 42.9 Å². The lowest BCUT2D eigenvalue weighted by atomic mass is 10.1. The molecule has 0 atom stereocenters. The van der Waals surface area contributed by atoms with Gasteiger partial charge in [0, 0.05) is 5.57 Å². The Labute approximate surface area is 235 Å². The number of ether oxygens (including phenoxy) is 1. The first-order valence-corrected chi connectivity index (χ1v) is 14.7. The molecule has 0 N–H and O–H groups in total. The van der Waals surface area contributed by atoms with Crippen LogP contribution in [0.15, 0.2) is 30.9 Å². The van der Waals surface area contributed by atoms with Crippen LogP contribution >= 0.6 is 0 Å². The Kier molecular flexibility index (Phi) is 14.5. The minimum Gasteiger partial charge on any atom is -0.462 e. The van der Waals surface area contributed by atoms with Crippen molar-refractivity contribution in [3.63, 3.8) is 0 Å². The molecule has 0 spiro atoms. The molecule has 0 unspecified atom stereocenters. The van der Waals surface area contributed by atoms with Gasteiger partial charge in [-0.15, -0.1) is 0 Å². The third-order valence-corrected chi connectivity index (χ3v) is 8.34. The van der Waals surface area contributed by atoms with Crippen LogP contribution in [0, 0.1) is 0 Å². The predicted molar refractivity (Wildman–Crippen MR) is 127 cm³/mol. The number of unbranched alkanes of at least 4 members (excludes halogenated alkanes) is 5. The Morgan fingerprint density at radius 3 is 1.64 bits per heavy atom. The van der Waals surface area contributed by atoms with Crippen LogP contribution < -0.4 is 4.57 Å². The molecule has 21 heteroatoms. The van der Waals surface area contributed by atoms with Crippen molar-refractivity contribution < 1.29 is 74.8 Å². The summed E-state index contributed by atoms with van der Waals surface area (Å²) >= 11 is 0. The van der Waals surface area contributed by atoms with Crippen molar-refractivity contribution in [1.29, 1.82) is 0 Å². The van der Waals surface area contributed by atoms with E-state index >= 15 is 0 Å². The molecule has 246 valence electrons. The molecule has 0 aliphatic heterocycles. The van der Waals surface area contributed by atoms with Crippen molar-refractivity contribution in [3.05, 3.63) is 35.0 Å². The maximum absolute atomic E-state index is 12.3. The smallest absolute Gasteiger partial charge is 0.462 e. The van der Waals surface area contributed by atoms with Gasteiger partial charge in [-0.2, -0.15) is 43.9 Å². The molecule has 0 saturated heterocycles. The molecule has 1 aromatic heterocycles. The Hall–Kier alpha value is -2.42. The zero-order valence-corrected chi connectivity index (χ0v) is 23.8. The highest BCUT2D eigenvalue weighted by molar-refractivity contribution is 8.13. The van der Waals surface area contributed by atoms with Crippen LogP contribution in [-0.2, 0) is 42.7 Å². The van der Waals surface area contributed by atoms with E-state index in [-0.39, 0.29) is 5.97 Å². The number of imidazole rings is 1. The molecular weight excluding hydrogens is 644 g/mol. The van der Waals surface area contributed by atoms with Crippen LogP contribution in [0.4, 0.5) is 43.9 Å². The van der Waals surface area contributed by atoms with Crippen molar-refractivity contribution in [3.8, 4) is 0 Å². The molecule has 1 aromatic rings. The van der Waals surface area contributed by atoms with Crippen LogP contribution in [0.1, 0.15) is 52.4 Å². The Morgan fingerprint density at radius 1 is 0.833 bits per heavy atom. The van der Waals surface area contributed by atoms with Crippen molar-refractivity contribution in [2.75, 3.05) is 6.61 Å². The lowest BCUT2D eigenvalue weighted by molar-refractivity contribution is -0.696. The maximum Gasteiger partial charge on any atom is 0.467 e. The number of alkyl halides is 10. The number of aromatic nitrogens is 2. The quantitative estimate of drug-likeness (QED) is 0.0789. The fourth-order valence-corrected chi connectivity index (χ4v) is 5.03. The van der Waals surface area contributed by atoms with Gasteiger partial charge in [-0.05, 0) is 33.1 Å². The van der Waals surface area contributed by atoms with Crippen LogP contribution in [0.5, 0.6) is 0 Å². The number of halogens is 10. The summed E-state index contributed by atoms with van der Waals surface area (Å²) in [5, 5.41) is -14.0. The van der Waals surface area contributed by atoms with Crippen LogP contribution in [0.25, 0.3) is 4.13 Å². The molecule has 0 aliphatic carbocycles. The summed E-state index contributed by atoms with van der Waals surface area (Å²) in [6, 6.07) is 0. The van der Waals surface area contributed by atoms with Crippen molar-refractivity contribution in [2.24, 2.45) is 0 Å². The second kappa shape index (κ2) is 15.3. The molecule has 1 rings (SSSR count). The monoisotopic (exact) mass is 673 g/mol. The fourth-order valence-electron chi connectivity index (χ4n) is 2.66. The SMILES string of the molecule is C=C(C)C(=O)OCCCCCCCC[n+]1ccn(CC)c1.O=S(=O)([N-]S(=O)(=O)C(F)(F)C(F)(F)F)C(F)(F)C(F)(F)F. The molecule has 0 bridgehead atoms. The second-order valence-corrected chi connectivity index (χ2v) is 12.1. The molecule has 0 aromatic carbocycles. The van der Waals surface area contributed by atoms with Crippen molar-refractivity contribution in [2.45, 2.75) is 88.3 Å². The van der Waals surface area contributed by atoms with E-state index in [1.807, 2.05) is 0 Å².